The molecule has 1 aliphatic rings. The highest BCUT2D eigenvalue weighted by Gasteiger charge is 2.44. The number of aliphatic hydroxyl groups excluding tert-OH is 1. The molecule has 0 bridgehead atoms. The third kappa shape index (κ3) is 20.5. The van der Waals surface area contributed by atoms with Crippen molar-refractivity contribution in [1.82, 2.24) is 25.8 Å². The summed E-state index contributed by atoms with van der Waals surface area (Å²) in [4.78, 5) is 70.8. The van der Waals surface area contributed by atoms with Crippen molar-refractivity contribution in [2.45, 2.75) is 130 Å². The molecule has 3 unspecified atom stereocenters. The van der Waals surface area contributed by atoms with Crippen LogP contribution in [0.1, 0.15) is 90.1 Å². The predicted molar refractivity (Wildman–Crippen MR) is 261 cm³/mol. The van der Waals surface area contributed by atoms with Gasteiger partial charge in [0.25, 0.3) is 0 Å². The van der Waals surface area contributed by atoms with Gasteiger partial charge in [-0.15, -0.1) is 11.3 Å². The molecule has 0 radical (unpaired) electrons. The lowest BCUT2D eigenvalue weighted by atomic mass is 9.85. The Labute approximate surface area is 410 Å². The number of thiazole rings is 1. The molecule has 18 nitrogen and oxygen atoms in total. The van der Waals surface area contributed by atoms with Crippen LogP contribution in [0.15, 0.2) is 54.0 Å². The molecular formula is C50H74N6O12S. The molecule has 3 aromatic rings. The van der Waals surface area contributed by atoms with Gasteiger partial charge in [0.1, 0.15) is 24.3 Å². The van der Waals surface area contributed by atoms with Gasteiger partial charge in [0.2, 0.25) is 23.6 Å². The van der Waals surface area contributed by atoms with Crippen molar-refractivity contribution in [3.8, 4) is 10.4 Å². The topological polar surface area (TPSA) is 239 Å². The number of amides is 5. The predicted octanol–water partition coefficient (Wildman–Crippen LogP) is 4.60. The first-order valence-electron chi connectivity index (χ1n) is 23.5. The van der Waals surface area contributed by atoms with Crippen LogP contribution in [0.2, 0.25) is 0 Å². The number of hydrogen-bond donors (Lipinski definition) is 5. The Bertz CT molecular complexity index is 2070. The van der Waals surface area contributed by atoms with Crippen molar-refractivity contribution < 1.29 is 57.5 Å². The van der Waals surface area contributed by atoms with Crippen LogP contribution in [-0.2, 0) is 67.2 Å². The number of rotatable bonds is 28. The third-order valence-electron chi connectivity index (χ3n) is 11.1. The number of likely N-dealkylation sites (tertiary alicyclic amines) is 1. The van der Waals surface area contributed by atoms with E-state index in [2.05, 4.69) is 20.9 Å². The number of hydrogen-bond acceptors (Lipinski definition) is 14. The van der Waals surface area contributed by atoms with E-state index in [1.54, 1.807) is 32.1 Å². The first-order valence-corrected chi connectivity index (χ1v) is 24.4. The Balaban J connectivity index is 1.05. The minimum atomic E-state index is -0.970. The number of benzene rings is 2. The summed E-state index contributed by atoms with van der Waals surface area (Å²) in [6, 6.07) is 13.5. The Kier molecular flexibility index (Phi) is 22.9. The lowest BCUT2D eigenvalue weighted by Gasteiger charge is -2.35. The number of carbonyl (C=O) groups excluding carboxylic acids is 5. The molecule has 69 heavy (non-hydrogen) atoms. The van der Waals surface area contributed by atoms with Crippen LogP contribution in [-0.4, -0.2) is 140 Å². The maximum atomic E-state index is 13.9. The normalized spacial score (nSPS) is 16.4. The van der Waals surface area contributed by atoms with Crippen molar-refractivity contribution in [2.24, 2.45) is 11.1 Å². The fourth-order valence-electron chi connectivity index (χ4n) is 7.32. The fourth-order valence-corrected chi connectivity index (χ4v) is 8.14. The Hall–Kier alpha value is -5.02. The van der Waals surface area contributed by atoms with Crippen molar-refractivity contribution in [3.05, 3.63) is 76.4 Å². The van der Waals surface area contributed by atoms with Gasteiger partial charge in [0.05, 0.1) is 87.2 Å². The van der Waals surface area contributed by atoms with Gasteiger partial charge >= 0.3 is 6.09 Å². The third-order valence-corrected chi connectivity index (χ3v) is 12.1. The number of aryl methyl sites for hydroxylation is 1. The van der Waals surface area contributed by atoms with Crippen molar-refractivity contribution in [1.29, 1.82) is 0 Å². The minimum Gasteiger partial charge on any atom is -0.444 e. The van der Waals surface area contributed by atoms with Gasteiger partial charge < -0.3 is 60.1 Å². The number of alkyl carbamates (subject to hydrolysis) is 1. The summed E-state index contributed by atoms with van der Waals surface area (Å²) in [6.07, 6.45) is -0.615. The molecule has 0 aliphatic carbocycles. The monoisotopic (exact) mass is 983 g/mol. The van der Waals surface area contributed by atoms with Crippen LogP contribution in [0, 0.1) is 12.3 Å². The van der Waals surface area contributed by atoms with Crippen LogP contribution in [0.4, 0.5) is 4.79 Å². The van der Waals surface area contributed by atoms with Gasteiger partial charge in [-0.3, -0.25) is 19.2 Å². The van der Waals surface area contributed by atoms with Gasteiger partial charge in [0, 0.05) is 25.9 Å². The second kappa shape index (κ2) is 28.0. The van der Waals surface area contributed by atoms with Gasteiger partial charge in [-0.25, -0.2) is 9.78 Å². The number of nitrogens with one attached hydrogen (secondary N) is 3. The summed E-state index contributed by atoms with van der Waals surface area (Å²) in [6.45, 7) is 17.3. The molecule has 1 saturated heterocycles. The van der Waals surface area contributed by atoms with E-state index < -0.39 is 65.2 Å². The summed E-state index contributed by atoms with van der Waals surface area (Å²) in [5.74, 6) is -1.77. The van der Waals surface area contributed by atoms with E-state index in [0.29, 0.717) is 46.1 Å². The maximum absolute atomic E-state index is 13.9. The van der Waals surface area contributed by atoms with E-state index in [1.165, 1.54) is 4.90 Å². The van der Waals surface area contributed by atoms with Crippen LogP contribution < -0.4 is 21.7 Å². The summed E-state index contributed by atoms with van der Waals surface area (Å²) < 4.78 is 33.8. The van der Waals surface area contributed by atoms with Crippen LogP contribution in [0.3, 0.4) is 0 Å². The average molecular weight is 983 g/mol. The fraction of sp³-hybridized carbons (Fsp3) is 0.600. The molecule has 4 rings (SSSR count). The van der Waals surface area contributed by atoms with Crippen LogP contribution >= 0.6 is 11.3 Å². The van der Waals surface area contributed by atoms with E-state index in [0.717, 1.165) is 39.2 Å². The SMILES string of the molecule is Cc1ncsc1-c1ccc(CNC(=O)[C@@H]2C[C@@H](O)CN2C(=O)C(NC(=O)COCCOCCOCCOCCc2ccc(COC(C)C(CCC(N)=O)NC(=O)OC(C)(C)C)cc2)C(C)(C)C)cc1. The number of nitrogens with zero attached hydrogens (tertiary/aromatic N) is 2. The summed E-state index contributed by atoms with van der Waals surface area (Å²) in [7, 11) is 0. The molecule has 1 fully saturated rings. The molecule has 1 aromatic heterocycles. The van der Waals surface area contributed by atoms with Crippen LogP contribution in [0.25, 0.3) is 10.4 Å². The quantitative estimate of drug-likeness (QED) is 0.0627. The molecule has 5 atom stereocenters. The van der Waals surface area contributed by atoms with Gasteiger partial charge in [0.15, 0.2) is 0 Å². The zero-order chi connectivity index (χ0) is 50.6. The molecule has 2 aromatic carbocycles. The molecular weight excluding hydrogens is 909 g/mol. The molecule has 19 heteroatoms. The zero-order valence-electron chi connectivity index (χ0n) is 41.5. The Morgan fingerprint density at radius 1 is 0.841 bits per heavy atom. The van der Waals surface area contributed by atoms with E-state index in [1.807, 2.05) is 88.7 Å². The number of nitrogens with two attached hydrogens (primary N) is 1. The second-order valence-electron chi connectivity index (χ2n) is 19.2. The highest BCUT2D eigenvalue weighted by molar-refractivity contribution is 7.13. The molecule has 6 N–H and O–H groups in total. The largest absolute Gasteiger partial charge is 0.444 e. The van der Waals surface area contributed by atoms with Crippen molar-refractivity contribution in [2.75, 3.05) is 59.4 Å². The highest BCUT2D eigenvalue weighted by atomic mass is 32.1. The Morgan fingerprint density at radius 3 is 2.01 bits per heavy atom. The lowest BCUT2D eigenvalue weighted by molar-refractivity contribution is -0.144. The number of aliphatic hydroxyl groups is 1. The van der Waals surface area contributed by atoms with Gasteiger partial charge in [-0.1, -0.05) is 69.3 Å². The first kappa shape index (κ1) is 56.6. The second-order valence-corrected chi connectivity index (χ2v) is 20.0. The van der Waals surface area contributed by atoms with E-state index in [-0.39, 0.29) is 51.7 Å². The molecule has 5 amide bonds. The molecule has 0 saturated carbocycles. The summed E-state index contributed by atoms with van der Waals surface area (Å²) in [5, 5.41) is 19.0. The lowest BCUT2D eigenvalue weighted by Crippen LogP contribution is -2.58. The van der Waals surface area contributed by atoms with Gasteiger partial charge in [-0.05, 0) is 75.1 Å². The molecule has 0 spiro atoms. The van der Waals surface area contributed by atoms with E-state index in [4.69, 9.17) is 34.2 Å². The maximum Gasteiger partial charge on any atom is 0.407 e. The molecule has 1 aliphatic heterocycles. The highest BCUT2D eigenvalue weighted by Crippen LogP contribution is 2.28. The minimum absolute atomic E-state index is 0.0212. The van der Waals surface area contributed by atoms with E-state index >= 15 is 0 Å². The van der Waals surface area contributed by atoms with E-state index in [9.17, 15) is 29.1 Å². The van der Waals surface area contributed by atoms with Crippen LogP contribution in [0.5, 0.6) is 0 Å². The number of carbonyl (C=O) groups is 5. The van der Waals surface area contributed by atoms with Crippen molar-refractivity contribution >= 4 is 41.1 Å². The number of aromatic nitrogens is 1. The number of β-amino-alcohol motifs (C(OH)–C–C–N with tert-alkyl or cyclic N) is 1. The summed E-state index contributed by atoms with van der Waals surface area (Å²) >= 11 is 1.57. The van der Waals surface area contributed by atoms with Crippen molar-refractivity contribution in [3.63, 3.8) is 0 Å². The summed E-state index contributed by atoms with van der Waals surface area (Å²) in [5.41, 5.74) is 10.7. The first-order chi connectivity index (χ1) is 32.7. The smallest absolute Gasteiger partial charge is 0.407 e. The molecule has 382 valence electrons. The number of primary amides is 1. The Morgan fingerprint density at radius 2 is 1.43 bits per heavy atom. The number of ether oxygens (including phenoxy) is 6. The molecule has 2 heterocycles. The standard InChI is InChI=1S/C50H74N6O12S/c1-33-44(69-32-53-33)38-15-13-36(14-16-38)28-52-46(60)41-27-39(57)29-56(41)47(61)45(49(3,4)5)55-43(59)31-66-26-25-65-24-23-64-22-21-63-20-19-35-9-11-37(12-10-35)30-67-34(2)40(17-18-42(51)58)54-48(62)68-50(6,7)8/h9-16,32,34,39-41,45,57H,17-31H2,1-8H3,(H2,51,58)(H,52,60)(H,54,62)(H,55,59)/t34?,39-,40?,41+,45?/m1/s1. The van der Waals surface area contributed by atoms with Gasteiger partial charge in [-0.2, -0.15) is 0 Å². The zero-order valence-corrected chi connectivity index (χ0v) is 42.3. The average Bonchev–Trinajstić information content (AvgIpc) is 3.91.